The molecule has 0 saturated carbocycles. The van der Waals surface area contributed by atoms with E-state index in [1.54, 1.807) is 18.2 Å². The van der Waals surface area contributed by atoms with Crippen molar-refractivity contribution in [1.82, 2.24) is 9.97 Å². The van der Waals surface area contributed by atoms with Gasteiger partial charge in [-0.3, -0.25) is 0 Å². The number of hydrogen-bond acceptors (Lipinski definition) is 4. The van der Waals surface area contributed by atoms with Crippen LogP contribution in [0.1, 0.15) is 25.3 Å². The predicted octanol–water partition coefficient (Wildman–Crippen LogP) is 4.74. The van der Waals surface area contributed by atoms with E-state index in [0.717, 1.165) is 11.4 Å². The van der Waals surface area contributed by atoms with Crippen LogP contribution in [0.4, 0.5) is 5.82 Å². The third-order valence-corrected chi connectivity index (χ3v) is 3.29. The third-order valence-electron chi connectivity index (χ3n) is 2.76. The lowest BCUT2D eigenvalue weighted by Crippen LogP contribution is -2.04. The molecule has 106 valence electrons. The summed E-state index contributed by atoms with van der Waals surface area (Å²) < 4.78 is 5.82. The van der Waals surface area contributed by atoms with Crippen LogP contribution in [0.3, 0.4) is 0 Å². The van der Waals surface area contributed by atoms with Gasteiger partial charge in [-0.2, -0.15) is 0 Å². The van der Waals surface area contributed by atoms with E-state index in [1.807, 2.05) is 7.05 Å². The molecule has 0 aliphatic carbocycles. The van der Waals surface area contributed by atoms with E-state index in [2.05, 4.69) is 29.1 Å². The minimum Gasteiger partial charge on any atom is -0.437 e. The van der Waals surface area contributed by atoms with E-state index in [-0.39, 0.29) is 5.92 Å². The van der Waals surface area contributed by atoms with Gasteiger partial charge in [0.15, 0.2) is 0 Å². The summed E-state index contributed by atoms with van der Waals surface area (Å²) in [4.78, 5) is 8.40. The number of aromatic nitrogens is 2. The van der Waals surface area contributed by atoms with Crippen LogP contribution >= 0.6 is 23.2 Å². The number of hydrogen-bond donors (Lipinski definition) is 1. The summed E-state index contributed by atoms with van der Waals surface area (Å²) in [6.45, 7) is 4.10. The van der Waals surface area contributed by atoms with Crippen molar-refractivity contribution in [2.75, 3.05) is 12.4 Å². The quantitative estimate of drug-likeness (QED) is 0.885. The highest BCUT2D eigenvalue weighted by molar-refractivity contribution is 6.35. The van der Waals surface area contributed by atoms with Crippen LogP contribution < -0.4 is 10.1 Å². The Kier molecular flexibility index (Phi) is 4.68. The van der Waals surface area contributed by atoms with Gasteiger partial charge in [0, 0.05) is 12.1 Å². The number of halogens is 2. The number of rotatable bonds is 4. The molecule has 0 bridgehead atoms. The molecule has 1 aromatic carbocycles. The Morgan fingerprint density at radius 3 is 2.55 bits per heavy atom. The van der Waals surface area contributed by atoms with Gasteiger partial charge in [0.1, 0.15) is 17.9 Å². The molecule has 0 unspecified atom stereocenters. The van der Waals surface area contributed by atoms with Crippen LogP contribution in [0.5, 0.6) is 11.6 Å². The van der Waals surface area contributed by atoms with E-state index in [0.29, 0.717) is 21.7 Å². The molecule has 4 nitrogen and oxygen atoms in total. The molecule has 0 atom stereocenters. The van der Waals surface area contributed by atoms with Crippen molar-refractivity contribution < 1.29 is 4.74 Å². The lowest BCUT2D eigenvalue weighted by atomic mass is 10.1. The fourth-order valence-corrected chi connectivity index (χ4v) is 2.29. The molecule has 1 aromatic heterocycles. The van der Waals surface area contributed by atoms with Crippen molar-refractivity contribution in [2.45, 2.75) is 19.8 Å². The fourth-order valence-electron chi connectivity index (χ4n) is 1.84. The zero-order valence-corrected chi connectivity index (χ0v) is 13.0. The Bertz CT molecular complexity index is 617. The molecule has 0 aliphatic heterocycles. The van der Waals surface area contributed by atoms with Crippen LogP contribution in [0.15, 0.2) is 24.5 Å². The highest BCUT2D eigenvalue weighted by Gasteiger charge is 2.17. The maximum absolute atomic E-state index is 6.12. The van der Waals surface area contributed by atoms with Gasteiger partial charge in [-0.15, -0.1) is 0 Å². The molecule has 1 heterocycles. The zero-order valence-electron chi connectivity index (χ0n) is 11.4. The second kappa shape index (κ2) is 6.29. The van der Waals surface area contributed by atoms with Crippen LogP contribution in [0.25, 0.3) is 0 Å². The minimum atomic E-state index is 0.208. The molecule has 0 aliphatic rings. The first-order chi connectivity index (χ1) is 9.52. The SMILES string of the molecule is CNc1ncnc(Oc2ccc(Cl)cc2Cl)c1C(C)C. The van der Waals surface area contributed by atoms with Gasteiger partial charge in [-0.25, -0.2) is 9.97 Å². The Morgan fingerprint density at radius 1 is 1.20 bits per heavy atom. The van der Waals surface area contributed by atoms with Gasteiger partial charge >= 0.3 is 0 Å². The van der Waals surface area contributed by atoms with Crippen LogP contribution in [-0.2, 0) is 0 Å². The van der Waals surface area contributed by atoms with Crippen molar-refractivity contribution in [2.24, 2.45) is 0 Å². The van der Waals surface area contributed by atoms with Gasteiger partial charge in [0.25, 0.3) is 0 Å². The summed E-state index contributed by atoms with van der Waals surface area (Å²) in [5, 5.41) is 4.04. The predicted molar refractivity (Wildman–Crippen MR) is 82.2 cm³/mol. The Balaban J connectivity index is 2.43. The topological polar surface area (TPSA) is 47.0 Å². The summed E-state index contributed by atoms with van der Waals surface area (Å²) in [5.74, 6) is 1.96. The van der Waals surface area contributed by atoms with Gasteiger partial charge in [-0.1, -0.05) is 37.0 Å². The molecule has 0 spiro atoms. The first-order valence-electron chi connectivity index (χ1n) is 6.18. The second-order valence-corrected chi connectivity index (χ2v) is 5.37. The molecule has 2 aromatic rings. The Morgan fingerprint density at radius 2 is 1.95 bits per heavy atom. The standard InChI is InChI=1S/C14H15Cl2N3O/c1-8(2)12-13(17-3)18-7-19-14(12)20-11-5-4-9(15)6-10(11)16/h4-8H,1-3H3,(H,17,18,19). The van der Waals surface area contributed by atoms with Crippen LogP contribution in [0, 0.1) is 0 Å². The molecule has 0 amide bonds. The molecule has 0 fully saturated rings. The van der Waals surface area contributed by atoms with E-state index < -0.39 is 0 Å². The van der Waals surface area contributed by atoms with E-state index in [9.17, 15) is 0 Å². The fraction of sp³-hybridized carbons (Fsp3) is 0.286. The van der Waals surface area contributed by atoms with E-state index in [1.165, 1.54) is 6.33 Å². The Labute approximate surface area is 128 Å². The van der Waals surface area contributed by atoms with Crippen molar-refractivity contribution in [1.29, 1.82) is 0 Å². The normalized spacial score (nSPS) is 10.7. The molecule has 2 rings (SSSR count). The number of anilines is 1. The largest absolute Gasteiger partial charge is 0.437 e. The highest BCUT2D eigenvalue weighted by atomic mass is 35.5. The zero-order chi connectivity index (χ0) is 14.7. The second-order valence-electron chi connectivity index (χ2n) is 4.52. The van der Waals surface area contributed by atoms with Gasteiger partial charge in [0.05, 0.1) is 10.6 Å². The third kappa shape index (κ3) is 3.14. The van der Waals surface area contributed by atoms with Crippen molar-refractivity contribution in [3.05, 3.63) is 40.1 Å². The Hall–Kier alpha value is -1.52. The number of nitrogens with zero attached hydrogens (tertiary/aromatic N) is 2. The van der Waals surface area contributed by atoms with Crippen LogP contribution in [-0.4, -0.2) is 17.0 Å². The smallest absolute Gasteiger partial charge is 0.227 e. The monoisotopic (exact) mass is 311 g/mol. The summed E-state index contributed by atoms with van der Waals surface area (Å²) in [7, 11) is 1.81. The number of nitrogens with one attached hydrogen (secondary N) is 1. The van der Waals surface area contributed by atoms with Crippen molar-refractivity contribution in [3.63, 3.8) is 0 Å². The summed E-state index contributed by atoms with van der Waals surface area (Å²) in [5.41, 5.74) is 0.904. The van der Waals surface area contributed by atoms with Crippen molar-refractivity contribution >= 4 is 29.0 Å². The lowest BCUT2D eigenvalue weighted by Gasteiger charge is -2.16. The molecular weight excluding hydrogens is 297 g/mol. The average Bonchev–Trinajstić information content (AvgIpc) is 2.41. The van der Waals surface area contributed by atoms with Crippen molar-refractivity contribution in [3.8, 4) is 11.6 Å². The summed E-state index contributed by atoms with van der Waals surface area (Å²) in [6, 6.07) is 5.07. The van der Waals surface area contributed by atoms with E-state index in [4.69, 9.17) is 27.9 Å². The highest BCUT2D eigenvalue weighted by Crippen LogP contribution is 2.36. The first kappa shape index (κ1) is 14.9. The molecule has 6 heteroatoms. The first-order valence-corrected chi connectivity index (χ1v) is 6.94. The maximum atomic E-state index is 6.12. The summed E-state index contributed by atoms with van der Waals surface area (Å²) >= 11 is 12.0. The molecule has 1 N–H and O–H groups in total. The molecular formula is C14H15Cl2N3O. The summed E-state index contributed by atoms with van der Waals surface area (Å²) in [6.07, 6.45) is 1.46. The van der Waals surface area contributed by atoms with Gasteiger partial charge in [0.2, 0.25) is 5.88 Å². The number of ether oxygens (including phenoxy) is 1. The minimum absolute atomic E-state index is 0.208. The number of benzene rings is 1. The molecule has 20 heavy (non-hydrogen) atoms. The van der Waals surface area contributed by atoms with Gasteiger partial charge in [-0.05, 0) is 24.1 Å². The van der Waals surface area contributed by atoms with Gasteiger partial charge < -0.3 is 10.1 Å². The average molecular weight is 312 g/mol. The van der Waals surface area contributed by atoms with E-state index >= 15 is 0 Å². The molecule has 0 radical (unpaired) electrons. The van der Waals surface area contributed by atoms with Crippen LogP contribution in [0.2, 0.25) is 10.0 Å². The lowest BCUT2D eigenvalue weighted by molar-refractivity contribution is 0.452. The maximum Gasteiger partial charge on any atom is 0.227 e. The molecule has 0 saturated heterocycles.